The van der Waals surface area contributed by atoms with E-state index in [1.807, 2.05) is 0 Å². The summed E-state index contributed by atoms with van der Waals surface area (Å²) in [7, 11) is -3.12. The van der Waals surface area contributed by atoms with Gasteiger partial charge in [-0.3, -0.25) is 0 Å². The van der Waals surface area contributed by atoms with E-state index in [9.17, 15) is 8.42 Å². The maximum Gasteiger partial charge on any atom is 0.214 e. The van der Waals surface area contributed by atoms with Crippen molar-refractivity contribution in [2.75, 3.05) is 18.8 Å². The van der Waals surface area contributed by atoms with Gasteiger partial charge in [0.1, 0.15) is 0 Å². The molecule has 1 aliphatic rings. The highest BCUT2D eigenvalue weighted by atomic mass is 32.2. The molecule has 4 nitrogen and oxygen atoms in total. The average Bonchev–Trinajstić information content (AvgIpc) is 2.26. The summed E-state index contributed by atoms with van der Waals surface area (Å²) in [5, 5.41) is 0. The minimum Gasteiger partial charge on any atom is -0.393 e. The zero-order valence-electron chi connectivity index (χ0n) is 11.5. The van der Waals surface area contributed by atoms with Gasteiger partial charge in [0.2, 0.25) is 10.0 Å². The third kappa shape index (κ3) is 4.82. The molecule has 0 saturated carbocycles. The Hall–Kier alpha value is -0.200. The van der Waals surface area contributed by atoms with Crippen LogP contribution in [0.2, 0.25) is 0 Å². The molecular formula is C12H24N2O2S2. The van der Waals surface area contributed by atoms with Crippen LogP contribution in [0.3, 0.4) is 0 Å². The van der Waals surface area contributed by atoms with Crippen molar-refractivity contribution < 1.29 is 8.42 Å². The Morgan fingerprint density at radius 1 is 1.33 bits per heavy atom. The van der Waals surface area contributed by atoms with E-state index in [4.69, 9.17) is 18.0 Å². The van der Waals surface area contributed by atoms with Crippen LogP contribution in [-0.2, 0) is 10.0 Å². The second kappa shape index (κ2) is 5.84. The van der Waals surface area contributed by atoms with E-state index < -0.39 is 10.0 Å². The number of nitrogens with two attached hydrogens (primary N) is 1. The Labute approximate surface area is 116 Å². The molecule has 1 saturated heterocycles. The molecule has 0 aromatic rings. The molecule has 0 radical (unpaired) electrons. The Bertz CT molecular complexity index is 391. The third-order valence-corrected chi connectivity index (χ3v) is 5.57. The molecule has 0 aromatic heterocycles. The van der Waals surface area contributed by atoms with Crippen molar-refractivity contribution >= 4 is 27.2 Å². The topological polar surface area (TPSA) is 63.4 Å². The van der Waals surface area contributed by atoms with E-state index in [0.29, 0.717) is 24.5 Å². The second-order valence-electron chi connectivity index (χ2n) is 6.20. The fraction of sp³-hybridized carbons (Fsp3) is 0.917. The average molecular weight is 292 g/mol. The molecule has 18 heavy (non-hydrogen) atoms. The molecule has 6 heteroatoms. The van der Waals surface area contributed by atoms with Gasteiger partial charge in [0.05, 0.1) is 10.7 Å². The van der Waals surface area contributed by atoms with Gasteiger partial charge in [0.15, 0.2) is 0 Å². The van der Waals surface area contributed by atoms with Crippen LogP contribution in [0.15, 0.2) is 0 Å². The zero-order valence-corrected chi connectivity index (χ0v) is 13.1. The van der Waals surface area contributed by atoms with Gasteiger partial charge in [0.25, 0.3) is 0 Å². The molecule has 0 aromatic carbocycles. The molecule has 0 atom stereocenters. The predicted molar refractivity (Wildman–Crippen MR) is 78.9 cm³/mol. The summed E-state index contributed by atoms with van der Waals surface area (Å²) in [5.41, 5.74) is 5.65. The van der Waals surface area contributed by atoms with Crippen molar-refractivity contribution in [3.8, 4) is 0 Å². The van der Waals surface area contributed by atoms with Crippen molar-refractivity contribution in [3.63, 3.8) is 0 Å². The second-order valence-corrected chi connectivity index (χ2v) is 8.76. The summed E-state index contributed by atoms with van der Waals surface area (Å²) >= 11 is 4.96. The minimum atomic E-state index is -3.12. The lowest BCUT2D eigenvalue weighted by atomic mass is 9.94. The first-order valence-corrected chi connectivity index (χ1v) is 8.41. The molecule has 1 fully saturated rings. The molecule has 2 N–H and O–H groups in total. The minimum absolute atomic E-state index is 0.0458. The van der Waals surface area contributed by atoms with Crippen molar-refractivity contribution in [2.45, 2.75) is 40.0 Å². The number of hydrogen-bond donors (Lipinski definition) is 1. The van der Waals surface area contributed by atoms with Crippen molar-refractivity contribution in [2.24, 2.45) is 17.1 Å². The van der Waals surface area contributed by atoms with Gasteiger partial charge in [0, 0.05) is 19.0 Å². The Morgan fingerprint density at radius 2 is 1.83 bits per heavy atom. The molecule has 1 aliphatic heterocycles. The standard InChI is InChI=1S/C12H24N2O2S2/c1-12(2,3)6-9-18(15,16)14-7-4-10(5-8-14)11(13)17/h10H,4-9H2,1-3H3,(H2,13,17). The Kier molecular flexibility index (Phi) is 5.14. The number of rotatable bonds is 4. The first kappa shape index (κ1) is 15.9. The van der Waals surface area contributed by atoms with E-state index >= 15 is 0 Å². The van der Waals surface area contributed by atoms with Gasteiger partial charge in [-0.25, -0.2) is 12.7 Å². The lowest BCUT2D eigenvalue weighted by molar-refractivity contribution is 0.312. The van der Waals surface area contributed by atoms with Crippen LogP contribution >= 0.6 is 12.2 Å². The van der Waals surface area contributed by atoms with Gasteiger partial charge in [-0.05, 0) is 24.7 Å². The summed E-state index contributed by atoms with van der Waals surface area (Å²) in [4.78, 5) is 0.515. The summed E-state index contributed by atoms with van der Waals surface area (Å²) in [5.74, 6) is 0.433. The number of piperidine rings is 1. The van der Waals surface area contributed by atoms with E-state index in [1.165, 1.54) is 0 Å². The molecule has 1 heterocycles. The summed E-state index contributed by atoms with van der Waals surface area (Å²) in [6.07, 6.45) is 2.19. The van der Waals surface area contributed by atoms with Crippen LogP contribution in [0.4, 0.5) is 0 Å². The van der Waals surface area contributed by atoms with Crippen LogP contribution < -0.4 is 5.73 Å². The maximum absolute atomic E-state index is 12.2. The van der Waals surface area contributed by atoms with Crippen LogP contribution in [0.1, 0.15) is 40.0 Å². The molecule has 0 bridgehead atoms. The monoisotopic (exact) mass is 292 g/mol. The fourth-order valence-corrected chi connectivity index (χ4v) is 4.11. The number of sulfonamides is 1. The SMILES string of the molecule is CC(C)(C)CCS(=O)(=O)N1CCC(C(N)=S)CC1. The lowest BCUT2D eigenvalue weighted by Gasteiger charge is -2.31. The van der Waals surface area contributed by atoms with Gasteiger partial charge in [-0.15, -0.1) is 0 Å². The molecule has 106 valence electrons. The third-order valence-electron chi connectivity index (χ3n) is 3.36. The number of hydrogen-bond acceptors (Lipinski definition) is 3. The highest BCUT2D eigenvalue weighted by Crippen LogP contribution is 2.24. The van der Waals surface area contributed by atoms with Crippen LogP contribution in [0, 0.1) is 11.3 Å². The van der Waals surface area contributed by atoms with Gasteiger partial charge < -0.3 is 5.73 Å². The van der Waals surface area contributed by atoms with Gasteiger partial charge in [-0.1, -0.05) is 33.0 Å². The number of thiocarbonyl (C=S) groups is 1. The molecule has 0 aliphatic carbocycles. The van der Waals surface area contributed by atoms with E-state index in [-0.39, 0.29) is 17.1 Å². The highest BCUT2D eigenvalue weighted by molar-refractivity contribution is 7.89. The zero-order chi connectivity index (χ0) is 14.0. The quantitative estimate of drug-likeness (QED) is 0.802. The first-order chi connectivity index (χ1) is 8.12. The fourth-order valence-electron chi connectivity index (χ4n) is 1.98. The van der Waals surface area contributed by atoms with Crippen LogP contribution in [0.5, 0.6) is 0 Å². The molecule has 0 unspecified atom stereocenters. The van der Waals surface area contributed by atoms with Crippen LogP contribution in [0.25, 0.3) is 0 Å². The van der Waals surface area contributed by atoms with E-state index in [2.05, 4.69) is 20.8 Å². The molecule has 0 amide bonds. The Morgan fingerprint density at radius 3 is 2.22 bits per heavy atom. The van der Waals surface area contributed by atoms with Crippen molar-refractivity contribution in [1.82, 2.24) is 4.31 Å². The predicted octanol–water partition coefficient (Wildman–Crippen LogP) is 1.75. The van der Waals surface area contributed by atoms with E-state index in [1.54, 1.807) is 4.31 Å². The first-order valence-electron chi connectivity index (χ1n) is 6.39. The van der Waals surface area contributed by atoms with E-state index in [0.717, 1.165) is 12.8 Å². The van der Waals surface area contributed by atoms with Crippen molar-refractivity contribution in [1.29, 1.82) is 0 Å². The van der Waals surface area contributed by atoms with Crippen LogP contribution in [-0.4, -0.2) is 36.6 Å². The Balaban J connectivity index is 2.53. The molecule has 0 spiro atoms. The molecular weight excluding hydrogens is 268 g/mol. The van der Waals surface area contributed by atoms with Crippen molar-refractivity contribution in [3.05, 3.63) is 0 Å². The summed E-state index contributed by atoms with van der Waals surface area (Å²) < 4.78 is 25.9. The molecule has 1 rings (SSSR count). The summed E-state index contributed by atoms with van der Waals surface area (Å²) in [6, 6.07) is 0. The van der Waals surface area contributed by atoms with Gasteiger partial charge >= 0.3 is 0 Å². The summed E-state index contributed by atoms with van der Waals surface area (Å²) in [6.45, 7) is 7.27. The number of nitrogens with zero attached hydrogens (tertiary/aromatic N) is 1. The smallest absolute Gasteiger partial charge is 0.214 e. The highest BCUT2D eigenvalue weighted by Gasteiger charge is 2.29. The van der Waals surface area contributed by atoms with Gasteiger partial charge in [-0.2, -0.15) is 0 Å². The lowest BCUT2D eigenvalue weighted by Crippen LogP contribution is -2.42. The largest absolute Gasteiger partial charge is 0.393 e. The maximum atomic E-state index is 12.2. The normalized spacial score (nSPS) is 19.9.